The standard InChI is InChI=1S/C24H22ClF2N3O/c1-15-10-18(27)6-7-22(15)29-23-11-24(25)28-12-20(23)21-13-30(14-31)9-8-19(21)16-2-4-17(26)5-3-16/h2-7,10-12,14,19,21H,8-9,13H2,1H3,(H,28,29). The summed E-state index contributed by atoms with van der Waals surface area (Å²) in [4.78, 5) is 17.5. The molecular formula is C24H22ClF2N3O. The maximum absolute atomic E-state index is 13.5. The fourth-order valence-corrected chi connectivity index (χ4v) is 4.41. The number of anilines is 2. The first-order valence-corrected chi connectivity index (χ1v) is 10.5. The zero-order valence-electron chi connectivity index (χ0n) is 17.0. The molecule has 2 unspecified atom stereocenters. The van der Waals surface area contributed by atoms with E-state index >= 15 is 0 Å². The summed E-state index contributed by atoms with van der Waals surface area (Å²) in [6, 6.07) is 12.8. The molecule has 2 heterocycles. The minimum absolute atomic E-state index is 0.0718. The molecule has 1 amide bonds. The normalized spacial score (nSPS) is 18.6. The lowest BCUT2D eigenvalue weighted by atomic mass is 9.76. The quantitative estimate of drug-likeness (QED) is 0.402. The van der Waals surface area contributed by atoms with Crippen LogP contribution in [-0.4, -0.2) is 29.4 Å². The molecule has 1 aromatic heterocycles. The highest BCUT2D eigenvalue weighted by atomic mass is 35.5. The maximum Gasteiger partial charge on any atom is 0.209 e. The Kier molecular flexibility index (Phi) is 6.18. The number of nitrogens with one attached hydrogen (secondary N) is 1. The van der Waals surface area contributed by atoms with Crippen molar-refractivity contribution in [3.05, 3.63) is 88.2 Å². The average Bonchev–Trinajstić information content (AvgIpc) is 2.76. The van der Waals surface area contributed by atoms with Gasteiger partial charge in [0.2, 0.25) is 6.41 Å². The zero-order chi connectivity index (χ0) is 22.0. The number of pyridine rings is 1. The molecule has 1 saturated heterocycles. The number of piperidine rings is 1. The van der Waals surface area contributed by atoms with Crippen LogP contribution in [0.3, 0.4) is 0 Å². The van der Waals surface area contributed by atoms with Crippen molar-refractivity contribution >= 4 is 29.4 Å². The van der Waals surface area contributed by atoms with Crippen molar-refractivity contribution in [3.8, 4) is 0 Å². The molecule has 1 N–H and O–H groups in total. The van der Waals surface area contributed by atoms with Crippen molar-refractivity contribution in [3.63, 3.8) is 0 Å². The molecule has 1 aliphatic heterocycles. The number of carbonyl (C=O) groups is 1. The van der Waals surface area contributed by atoms with Crippen LogP contribution in [0.15, 0.2) is 54.7 Å². The van der Waals surface area contributed by atoms with Gasteiger partial charge in [0.1, 0.15) is 16.8 Å². The second-order valence-corrected chi connectivity index (χ2v) is 8.22. The van der Waals surface area contributed by atoms with Crippen molar-refractivity contribution in [2.45, 2.75) is 25.2 Å². The maximum atomic E-state index is 13.5. The van der Waals surface area contributed by atoms with Crippen LogP contribution in [0.25, 0.3) is 0 Å². The third-order valence-electron chi connectivity index (χ3n) is 5.85. The zero-order valence-corrected chi connectivity index (χ0v) is 17.7. The van der Waals surface area contributed by atoms with Gasteiger partial charge in [-0.05, 0) is 72.4 Å². The first-order chi connectivity index (χ1) is 14.9. The molecule has 4 rings (SSSR count). The number of rotatable bonds is 5. The van der Waals surface area contributed by atoms with E-state index in [2.05, 4.69) is 10.3 Å². The van der Waals surface area contributed by atoms with Gasteiger partial charge in [0, 0.05) is 36.6 Å². The Morgan fingerprint density at radius 1 is 1.06 bits per heavy atom. The second kappa shape index (κ2) is 9.02. The van der Waals surface area contributed by atoms with E-state index < -0.39 is 0 Å². The first kappa shape index (κ1) is 21.2. The Morgan fingerprint density at radius 3 is 2.52 bits per heavy atom. The number of halogens is 3. The van der Waals surface area contributed by atoms with Crippen molar-refractivity contribution in [1.29, 1.82) is 0 Å². The molecule has 2 atom stereocenters. The van der Waals surface area contributed by atoms with Crippen LogP contribution in [0.4, 0.5) is 20.2 Å². The van der Waals surface area contributed by atoms with E-state index in [1.54, 1.807) is 35.4 Å². The van der Waals surface area contributed by atoms with Crippen molar-refractivity contribution in [2.24, 2.45) is 0 Å². The highest BCUT2D eigenvalue weighted by molar-refractivity contribution is 6.29. The fourth-order valence-electron chi connectivity index (χ4n) is 4.25. The summed E-state index contributed by atoms with van der Waals surface area (Å²) in [5, 5.41) is 3.69. The highest BCUT2D eigenvalue weighted by Gasteiger charge is 2.33. The summed E-state index contributed by atoms with van der Waals surface area (Å²) in [7, 11) is 0. The van der Waals surface area contributed by atoms with Crippen LogP contribution in [0.5, 0.6) is 0 Å². The monoisotopic (exact) mass is 441 g/mol. The number of nitrogens with zero attached hydrogens (tertiary/aromatic N) is 2. The van der Waals surface area contributed by atoms with Gasteiger partial charge in [0.15, 0.2) is 0 Å². The van der Waals surface area contributed by atoms with E-state index in [-0.39, 0.29) is 23.5 Å². The molecule has 7 heteroatoms. The largest absolute Gasteiger partial charge is 0.355 e. The lowest BCUT2D eigenvalue weighted by Gasteiger charge is -2.38. The molecule has 0 aliphatic carbocycles. The molecule has 1 aliphatic rings. The molecular weight excluding hydrogens is 420 g/mol. The number of carbonyl (C=O) groups excluding carboxylic acids is 1. The van der Waals surface area contributed by atoms with E-state index in [1.807, 2.05) is 6.92 Å². The topological polar surface area (TPSA) is 45.2 Å². The van der Waals surface area contributed by atoms with Gasteiger partial charge in [-0.3, -0.25) is 4.79 Å². The van der Waals surface area contributed by atoms with Crippen LogP contribution in [0.2, 0.25) is 5.15 Å². The lowest BCUT2D eigenvalue weighted by Crippen LogP contribution is -2.37. The Balaban J connectivity index is 1.75. The van der Waals surface area contributed by atoms with Crippen LogP contribution in [-0.2, 0) is 4.79 Å². The number of hydrogen-bond donors (Lipinski definition) is 1. The van der Waals surface area contributed by atoms with Gasteiger partial charge in [-0.15, -0.1) is 0 Å². The van der Waals surface area contributed by atoms with E-state index in [9.17, 15) is 13.6 Å². The molecule has 0 bridgehead atoms. The molecule has 0 spiro atoms. The van der Waals surface area contributed by atoms with Gasteiger partial charge in [0.25, 0.3) is 0 Å². The minimum atomic E-state index is -0.304. The number of aryl methyl sites for hydroxylation is 1. The smallest absolute Gasteiger partial charge is 0.209 e. The van der Waals surface area contributed by atoms with Crippen LogP contribution < -0.4 is 5.32 Å². The van der Waals surface area contributed by atoms with Crippen LogP contribution in [0.1, 0.15) is 34.9 Å². The third kappa shape index (κ3) is 4.69. The minimum Gasteiger partial charge on any atom is -0.355 e. The molecule has 31 heavy (non-hydrogen) atoms. The third-order valence-corrected chi connectivity index (χ3v) is 6.06. The number of aromatic nitrogens is 1. The summed E-state index contributed by atoms with van der Waals surface area (Å²) < 4.78 is 27.0. The summed E-state index contributed by atoms with van der Waals surface area (Å²) in [6.45, 7) is 2.96. The van der Waals surface area contributed by atoms with Gasteiger partial charge in [-0.1, -0.05) is 23.7 Å². The predicted molar refractivity (Wildman–Crippen MR) is 118 cm³/mol. The molecule has 3 aromatic rings. The average molecular weight is 442 g/mol. The van der Waals surface area contributed by atoms with E-state index in [0.29, 0.717) is 18.2 Å². The van der Waals surface area contributed by atoms with Crippen LogP contribution >= 0.6 is 11.6 Å². The Hall–Kier alpha value is -2.99. The molecule has 0 saturated carbocycles. The Bertz CT molecular complexity index is 1090. The summed E-state index contributed by atoms with van der Waals surface area (Å²) in [6.07, 6.45) is 3.32. The molecule has 1 fully saturated rings. The number of amides is 1. The predicted octanol–water partition coefficient (Wildman–Crippen LogP) is 5.79. The molecule has 2 aromatic carbocycles. The summed E-state index contributed by atoms with van der Waals surface area (Å²) in [5.74, 6) is -0.582. The SMILES string of the molecule is Cc1cc(F)ccc1Nc1cc(Cl)ncc1C1CN(C=O)CCC1c1ccc(F)cc1. The first-order valence-electron chi connectivity index (χ1n) is 10.1. The van der Waals surface area contributed by atoms with E-state index in [0.717, 1.165) is 40.9 Å². The summed E-state index contributed by atoms with van der Waals surface area (Å²) in [5.41, 5.74) is 4.17. The molecule has 160 valence electrons. The van der Waals surface area contributed by atoms with Crippen LogP contribution in [0, 0.1) is 18.6 Å². The number of likely N-dealkylation sites (tertiary alicyclic amines) is 1. The van der Waals surface area contributed by atoms with Gasteiger partial charge >= 0.3 is 0 Å². The van der Waals surface area contributed by atoms with Gasteiger partial charge in [-0.25, -0.2) is 13.8 Å². The fraction of sp³-hybridized carbons (Fsp3) is 0.250. The van der Waals surface area contributed by atoms with Gasteiger partial charge in [-0.2, -0.15) is 0 Å². The van der Waals surface area contributed by atoms with Gasteiger partial charge < -0.3 is 10.2 Å². The molecule has 0 radical (unpaired) electrons. The second-order valence-electron chi connectivity index (χ2n) is 7.83. The van der Waals surface area contributed by atoms with Crippen molar-refractivity contribution in [1.82, 2.24) is 9.88 Å². The number of hydrogen-bond acceptors (Lipinski definition) is 3. The Labute approximate surface area is 184 Å². The Morgan fingerprint density at radius 2 is 1.81 bits per heavy atom. The van der Waals surface area contributed by atoms with Gasteiger partial charge in [0.05, 0.1) is 0 Å². The van der Waals surface area contributed by atoms with Crippen molar-refractivity contribution < 1.29 is 13.6 Å². The number of benzene rings is 2. The van der Waals surface area contributed by atoms with Crippen molar-refractivity contribution in [2.75, 3.05) is 18.4 Å². The van der Waals surface area contributed by atoms with E-state index in [1.165, 1.54) is 24.3 Å². The lowest BCUT2D eigenvalue weighted by molar-refractivity contribution is -0.119. The van der Waals surface area contributed by atoms with E-state index in [4.69, 9.17) is 11.6 Å². The molecule has 4 nitrogen and oxygen atoms in total. The highest BCUT2D eigenvalue weighted by Crippen LogP contribution is 2.43. The summed E-state index contributed by atoms with van der Waals surface area (Å²) >= 11 is 6.19.